The highest BCUT2D eigenvalue weighted by Crippen LogP contribution is 2.32. The van der Waals surface area contributed by atoms with Crippen LogP contribution in [0, 0.1) is 5.92 Å². The first kappa shape index (κ1) is 11.1. The van der Waals surface area contributed by atoms with Gasteiger partial charge in [0.2, 0.25) is 0 Å². The molecule has 1 aliphatic rings. The first-order valence-electron chi connectivity index (χ1n) is 5.19. The lowest BCUT2D eigenvalue weighted by atomic mass is 10.1. The largest absolute Gasteiger partial charge is 0.394 e. The number of aromatic nitrogens is 2. The Morgan fingerprint density at radius 3 is 2.94 bits per heavy atom. The second kappa shape index (κ2) is 4.23. The van der Waals surface area contributed by atoms with E-state index < -0.39 is 17.5 Å². The third-order valence-electron chi connectivity index (χ3n) is 2.78. The molecular weight excluding hydrogens is 212 g/mol. The summed E-state index contributed by atoms with van der Waals surface area (Å²) < 4.78 is 6.87. The van der Waals surface area contributed by atoms with Crippen molar-refractivity contribution in [2.45, 2.75) is 25.7 Å². The fraction of sp³-hybridized carbons (Fsp3) is 0.600. The van der Waals surface area contributed by atoms with Crippen molar-refractivity contribution in [1.82, 2.24) is 9.55 Å². The fourth-order valence-electron chi connectivity index (χ4n) is 2.00. The molecule has 1 aromatic heterocycles. The van der Waals surface area contributed by atoms with Gasteiger partial charge in [-0.3, -0.25) is 14.3 Å². The summed E-state index contributed by atoms with van der Waals surface area (Å²) in [5.74, 6) is 0.126. The summed E-state index contributed by atoms with van der Waals surface area (Å²) in [7, 11) is 0. The standard InChI is InChI=1S/C10H14N2O4/c1-6-4-7(5-13)16-9(6)12-3-2-8(14)11-10(12)15/h2-3,6-7,9,13H,4-5H2,1H3,(H,11,14,15)/t6-,7+,9?/m1/s1. The van der Waals surface area contributed by atoms with Gasteiger partial charge in [-0.15, -0.1) is 0 Å². The molecule has 0 amide bonds. The van der Waals surface area contributed by atoms with Crippen molar-refractivity contribution in [1.29, 1.82) is 0 Å². The first-order valence-corrected chi connectivity index (χ1v) is 5.19. The average molecular weight is 226 g/mol. The first-order chi connectivity index (χ1) is 7.61. The van der Waals surface area contributed by atoms with Crippen LogP contribution in [0.3, 0.4) is 0 Å². The van der Waals surface area contributed by atoms with E-state index >= 15 is 0 Å². The molecule has 1 unspecified atom stereocenters. The molecule has 2 N–H and O–H groups in total. The molecule has 1 aliphatic heterocycles. The smallest absolute Gasteiger partial charge is 0.330 e. The molecule has 1 saturated heterocycles. The van der Waals surface area contributed by atoms with Crippen molar-refractivity contribution in [3.05, 3.63) is 33.1 Å². The van der Waals surface area contributed by atoms with E-state index in [0.29, 0.717) is 6.42 Å². The van der Waals surface area contributed by atoms with Gasteiger partial charge in [0.15, 0.2) is 0 Å². The predicted octanol–water partition coefficient (Wildman–Crippen LogP) is -0.547. The van der Waals surface area contributed by atoms with Gasteiger partial charge in [0.25, 0.3) is 5.56 Å². The molecule has 3 atom stereocenters. The van der Waals surface area contributed by atoms with Gasteiger partial charge < -0.3 is 9.84 Å². The van der Waals surface area contributed by atoms with Gasteiger partial charge in [0.05, 0.1) is 12.7 Å². The van der Waals surface area contributed by atoms with Crippen LogP contribution in [0.1, 0.15) is 19.6 Å². The Hall–Kier alpha value is -1.40. The molecule has 1 fully saturated rings. The van der Waals surface area contributed by atoms with E-state index in [4.69, 9.17) is 9.84 Å². The number of hydrogen-bond donors (Lipinski definition) is 2. The van der Waals surface area contributed by atoms with Gasteiger partial charge in [-0.05, 0) is 6.42 Å². The fourth-order valence-corrected chi connectivity index (χ4v) is 2.00. The van der Waals surface area contributed by atoms with Crippen molar-refractivity contribution in [3.63, 3.8) is 0 Å². The maximum absolute atomic E-state index is 11.5. The number of aliphatic hydroxyl groups excluding tert-OH is 1. The highest BCUT2D eigenvalue weighted by molar-refractivity contribution is 4.87. The van der Waals surface area contributed by atoms with E-state index in [9.17, 15) is 9.59 Å². The molecule has 0 spiro atoms. The van der Waals surface area contributed by atoms with Gasteiger partial charge in [0, 0.05) is 18.2 Å². The van der Waals surface area contributed by atoms with Gasteiger partial charge >= 0.3 is 5.69 Å². The number of rotatable bonds is 2. The molecule has 6 heteroatoms. The summed E-state index contributed by atoms with van der Waals surface area (Å²) >= 11 is 0. The Morgan fingerprint density at radius 1 is 1.62 bits per heavy atom. The van der Waals surface area contributed by atoms with Crippen LogP contribution in [-0.2, 0) is 4.74 Å². The SMILES string of the molecule is C[C@@H]1C[C@@H](CO)OC1n1ccc(=O)[nH]c1=O. The highest BCUT2D eigenvalue weighted by atomic mass is 16.5. The summed E-state index contributed by atoms with van der Waals surface area (Å²) in [5, 5.41) is 8.99. The predicted molar refractivity (Wildman–Crippen MR) is 56.1 cm³/mol. The average Bonchev–Trinajstić information content (AvgIpc) is 2.60. The van der Waals surface area contributed by atoms with Gasteiger partial charge in [-0.2, -0.15) is 0 Å². The van der Waals surface area contributed by atoms with E-state index in [1.54, 1.807) is 0 Å². The molecule has 0 bridgehead atoms. The number of hydrogen-bond acceptors (Lipinski definition) is 4. The Kier molecular flexibility index (Phi) is 2.93. The summed E-state index contributed by atoms with van der Waals surface area (Å²) in [4.78, 5) is 24.6. The zero-order valence-electron chi connectivity index (χ0n) is 8.92. The van der Waals surface area contributed by atoms with Crippen molar-refractivity contribution in [2.75, 3.05) is 6.61 Å². The molecule has 1 aromatic rings. The second-order valence-electron chi connectivity index (χ2n) is 4.06. The lowest BCUT2D eigenvalue weighted by Gasteiger charge is -2.17. The normalized spacial score (nSPS) is 29.5. The molecule has 0 aliphatic carbocycles. The van der Waals surface area contributed by atoms with Crippen LogP contribution in [0.5, 0.6) is 0 Å². The molecule has 16 heavy (non-hydrogen) atoms. The van der Waals surface area contributed by atoms with Crippen LogP contribution >= 0.6 is 0 Å². The maximum Gasteiger partial charge on any atom is 0.330 e. The van der Waals surface area contributed by atoms with E-state index in [1.807, 2.05) is 6.92 Å². The maximum atomic E-state index is 11.5. The van der Waals surface area contributed by atoms with Crippen molar-refractivity contribution >= 4 is 0 Å². The molecule has 0 saturated carbocycles. The molecule has 6 nitrogen and oxygen atoms in total. The summed E-state index contributed by atoms with van der Waals surface area (Å²) in [5.41, 5.74) is -0.909. The zero-order valence-corrected chi connectivity index (χ0v) is 8.92. The number of nitrogens with zero attached hydrogens (tertiary/aromatic N) is 1. The van der Waals surface area contributed by atoms with E-state index in [2.05, 4.69) is 4.98 Å². The number of ether oxygens (including phenoxy) is 1. The Labute approximate surface area is 91.5 Å². The van der Waals surface area contributed by atoms with Crippen LogP contribution in [0.4, 0.5) is 0 Å². The summed E-state index contributed by atoms with van der Waals surface area (Å²) in [6.45, 7) is 1.89. The van der Waals surface area contributed by atoms with Crippen LogP contribution in [0.25, 0.3) is 0 Å². The number of nitrogens with one attached hydrogen (secondary N) is 1. The summed E-state index contributed by atoms with van der Waals surface area (Å²) in [6.07, 6.45) is 1.47. The molecular formula is C10H14N2O4. The van der Waals surface area contributed by atoms with Gasteiger partial charge in [-0.25, -0.2) is 4.79 Å². The Morgan fingerprint density at radius 2 is 2.38 bits per heavy atom. The van der Waals surface area contributed by atoms with Crippen LogP contribution < -0.4 is 11.2 Å². The van der Waals surface area contributed by atoms with Crippen molar-refractivity contribution < 1.29 is 9.84 Å². The lowest BCUT2D eigenvalue weighted by Crippen LogP contribution is -2.33. The molecule has 0 radical (unpaired) electrons. The summed E-state index contributed by atoms with van der Waals surface area (Å²) in [6, 6.07) is 1.28. The number of H-pyrrole nitrogens is 1. The van der Waals surface area contributed by atoms with E-state index in [1.165, 1.54) is 16.8 Å². The molecule has 2 rings (SSSR count). The third kappa shape index (κ3) is 1.94. The van der Waals surface area contributed by atoms with Gasteiger partial charge in [-0.1, -0.05) is 6.92 Å². The van der Waals surface area contributed by atoms with Crippen LogP contribution in [-0.4, -0.2) is 27.4 Å². The van der Waals surface area contributed by atoms with Crippen molar-refractivity contribution in [2.24, 2.45) is 5.92 Å². The lowest BCUT2D eigenvalue weighted by molar-refractivity contribution is -0.0336. The number of aliphatic hydroxyl groups is 1. The third-order valence-corrected chi connectivity index (χ3v) is 2.78. The Balaban J connectivity index is 2.31. The zero-order chi connectivity index (χ0) is 11.7. The molecule has 0 aromatic carbocycles. The molecule has 88 valence electrons. The minimum atomic E-state index is -0.483. The van der Waals surface area contributed by atoms with E-state index in [0.717, 1.165) is 0 Å². The van der Waals surface area contributed by atoms with Gasteiger partial charge in [0.1, 0.15) is 6.23 Å². The Bertz CT molecular complexity index is 478. The monoisotopic (exact) mass is 226 g/mol. The minimum absolute atomic E-state index is 0.0566. The topological polar surface area (TPSA) is 84.3 Å². The van der Waals surface area contributed by atoms with Crippen molar-refractivity contribution in [3.8, 4) is 0 Å². The number of aromatic amines is 1. The van der Waals surface area contributed by atoms with Crippen LogP contribution in [0.15, 0.2) is 21.9 Å². The quantitative estimate of drug-likeness (QED) is 0.708. The van der Waals surface area contributed by atoms with Crippen LogP contribution in [0.2, 0.25) is 0 Å². The highest BCUT2D eigenvalue weighted by Gasteiger charge is 2.33. The molecule has 2 heterocycles. The van der Waals surface area contributed by atoms with E-state index in [-0.39, 0.29) is 18.6 Å². The minimum Gasteiger partial charge on any atom is -0.394 e. The second-order valence-corrected chi connectivity index (χ2v) is 4.06.